The molecule has 2 heterocycles. The Labute approximate surface area is 409 Å². The molecule has 3 fully saturated rings. The number of hydrogen-bond donors (Lipinski definition) is 3. The molecule has 0 radical (unpaired) electrons. The highest BCUT2D eigenvalue weighted by atomic mass is 33.1. The van der Waals surface area contributed by atoms with E-state index in [-0.39, 0.29) is 53.1 Å². The third-order valence-electron chi connectivity index (χ3n) is 14.7. The van der Waals surface area contributed by atoms with Crippen molar-refractivity contribution in [1.29, 1.82) is 0 Å². The normalized spacial score (nSPS) is 28.9. The zero-order valence-electron chi connectivity index (χ0n) is 39.3. The maximum Gasteiger partial charge on any atom is 0.350 e. The number of hydrogen-bond acceptors (Lipinski definition) is 15. The molecule has 1 amide bonds. The minimum absolute atomic E-state index is 0.0168. The van der Waals surface area contributed by atoms with Crippen molar-refractivity contribution in [2.45, 2.75) is 127 Å². The number of carbonyl (C=O) groups is 6. The van der Waals surface area contributed by atoms with E-state index in [4.69, 9.17) is 23.7 Å². The zero-order chi connectivity index (χ0) is 49.3. The summed E-state index contributed by atoms with van der Waals surface area (Å²) in [6, 6.07) is 23.8. The molecule has 3 N–H and O–H groups in total. The highest BCUT2D eigenvalue weighted by molar-refractivity contribution is 8.77. The van der Waals surface area contributed by atoms with Crippen molar-refractivity contribution in [2.24, 2.45) is 16.7 Å². The van der Waals surface area contributed by atoms with Crippen molar-refractivity contribution in [3.8, 4) is 0 Å². The first-order chi connectivity index (χ1) is 32.9. The van der Waals surface area contributed by atoms with Crippen LogP contribution in [-0.4, -0.2) is 99.5 Å². The van der Waals surface area contributed by atoms with Crippen LogP contribution in [0, 0.1) is 16.7 Å². The predicted molar refractivity (Wildman–Crippen MR) is 258 cm³/mol. The highest BCUT2D eigenvalue weighted by Gasteiger charge is 2.70. The standard InChI is InChI=1S/C53H59NO13S2/c1-30-37(65-50(61)46(66-39(57)24-16-15-23-35-25-26-68-69-35)43(32-17-9-6-10-18-32)54-48(59)33-19-11-7-12-20-33)28-53(62)47(67-49(60)34-21-13-8-14-22-34)42-40(36(56)27-38-52(42,5)29-63-38)44(58)45(64-31(2)55)41(30)51(53,3)4/h6-14,17-22,35,37-38,42-43,45-47,56,62H,15-16,23-29H2,1-5H3,(H,54,59)/t35?,37-,38+,42+,43-,45+,46+,47-,52+,53+/m0/s1. The molecule has 1 unspecified atom stereocenters. The molecular weight excluding hydrogens is 923 g/mol. The molecule has 69 heavy (non-hydrogen) atoms. The Morgan fingerprint density at radius 3 is 2.14 bits per heavy atom. The number of amides is 1. The Hall–Kier alpha value is -5.42. The number of aliphatic hydroxyl groups is 2. The highest BCUT2D eigenvalue weighted by Crippen LogP contribution is 2.62. The van der Waals surface area contributed by atoms with Crippen molar-refractivity contribution < 1.29 is 62.7 Å². The molecule has 2 aliphatic heterocycles. The van der Waals surface area contributed by atoms with Gasteiger partial charge in [-0.15, -0.1) is 0 Å². The van der Waals surface area contributed by atoms with Crippen molar-refractivity contribution in [1.82, 2.24) is 5.32 Å². The number of carbonyl (C=O) groups excluding carboxylic acids is 6. The molecule has 16 heteroatoms. The number of esters is 4. The number of ketones is 1. The van der Waals surface area contributed by atoms with Gasteiger partial charge in [0, 0.05) is 65.1 Å². The van der Waals surface area contributed by atoms with Gasteiger partial charge in [-0.2, -0.15) is 0 Å². The van der Waals surface area contributed by atoms with Crippen LogP contribution in [0.5, 0.6) is 0 Å². The Balaban J connectivity index is 1.22. The lowest BCUT2D eigenvalue weighted by Gasteiger charge is -2.62. The Morgan fingerprint density at radius 1 is 0.884 bits per heavy atom. The van der Waals surface area contributed by atoms with Gasteiger partial charge in [-0.3, -0.25) is 19.2 Å². The monoisotopic (exact) mass is 981 g/mol. The molecule has 10 atom stereocenters. The van der Waals surface area contributed by atoms with Crippen LogP contribution in [0.15, 0.2) is 113 Å². The van der Waals surface area contributed by atoms with Gasteiger partial charge in [0.1, 0.15) is 29.6 Å². The van der Waals surface area contributed by atoms with Gasteiger partial charge in [0.15, 0.2) is 6.10 Å². The summed E-state index contributed by atoms with van der Waals surface area (Å²) in [5, 5.41) is 28.9. The predicted octanol–water partition coefficient (Wildman–Crippen LogP) is 8.15. The molecule has 1 saturated carbocycles. The van der Waals surface area contributed by atoms with E-state index in [0.717, 1.165) is 31.9 Å². The quantitative estimate of drug-likeness (QED) is 0.0433. The number of unbranched alkanes of at least 4 members (excludes halogenated alkanes) is 1. The number of ether oxygens (including phenoxy) is 5. The van der Waals surface area contributed by atoms with Crippen LogP contribution in [0.2, 0.25) is 0 Å². The molecule has 8 rings (SSSR count). The Bertz CT molecular complexity index is 2510. The summed E-state index contributed by atoms with van der Waals surface area (Å²) in [6.07, 6.45) is -4.40. The lowest BCUT2D eigenvalue weighted by molar-refractivity contribution is -0.256. The first-order valence-electron chi connectivity index (χ1n) is 23.5. The van der Waals surface area contributed by atoms with E-state index in [1.807, 2.05) is 28.5 Å². The van der Waals surface area contributed by atoms with E-state index < -0.39 is 101 Å². The summed E-state index contributed by atoms with van der Waals surface area (Å²) in [6.45, 7) is 7.91. The van der Waals surface area contributed by atoms with Gasteiger partial charge in [-0.1, -0.05) is 116 Å². The van der Waals surface area contributed by atoms with Crippen LogP contribution in [0.1, 0.15) is 112 Å². The van der Waals surface area contributed by atoms with Crippen LogP contribution in [0.3, 0.4) is 0 Å². The molecule has 14 nitrogen and oxygen atoms in total. The average molecular weight is 982 g/mol. The molecule has 3 aromatic rings. The summed E-state index contributed by atoms with van der Waals surface area (Å²) < 4.78 is 30.8. The SMILES string of the molecule is CC(=O)O[C@H]1C(=O)C2=C(O)C[C@H]3OC[C@@]3(C)[C@H]2[C@H](OC(=O)c2ccccc2)[C@]2(O)C[C@H](OC(=O)[C@H](OC(=O)CCCCC3CCSS3)[C@@H](NC(=O)c3ccccc3)c3ccccc3)C(C)=C1C2(C)C. The lowest BCUT2D eigenvalue weighted by atomic mass is 9.49. The maximum atomic E-state index is 15.2. The van der Waals surface area contributed by atoms with Crippen LogP contribution >= 0.6 is 21.6 Å². The van der Waals surface area contributed by atoms with E-state index in [2.05, 4.69) is 5.32 Å². The average Bonchev–Trinajstić information content (AvgIpc) is 3.86. The van der Waals surface area contributed by atoms with Gasteiger partial charge in [0.2, 0.25) is 11.9 Å². The minimum Gasteiger partial charge on any atom is -0.512 e. The van der Waals surface area contributed by atoms with E-state index in [1.54, 1.807) is 112 Å². The molecule has 0 spiro atoms. The number of Topliss-reactive ketones (excluding diaryl/α,β-unsaturated/α-hetero) is 1. The third-order valence-corrected chi connectivity index (χ3v) is 17.7. The number of aliphatic hydroxyl groups excluding tert-OH is 1. The summed E-state index contributed by atoms with van der Waals surface area (Å²) in [7, 11) is 3.69. The molecule has 2 saturated heterocycles. The van der Waals surface area contributed by atoms with Gasteiger partial charge >= 0.3 is 23.9 Å². The fraction of sp³-hybridized carbons (Fsp3) is 0.472. The Morgan fingerprint density at radius 2 is 1.54 bits per heavy atom. The summed E-state index contributed by atoms with van der Waals surface area (Å²) in [5.74, 6) is -5.27. The topological polar surface area (TPSA) is 201 Å². The van der Waals surface area contributed by atoms with Gasteiger partial charge in [-0.05, 0) is 67.2 Å². The minimum atomic E-state index is -2.24. The molecule has 3 aromatic carbocycles. The van der Waals surface area contributed by atoms with Crippen molar-refractivity contribution in [3.05, 3.63) is 130 Å². The van der Waals surface area contributed by atoms with E-state index in [9.17, 15) is 29.4 Å². The number of nitrogens with one attached hydrogen (secondary N) is 1. The van der Waals surface area contributed by atoms with Crippen molar-refractivity contribution in [3.63, 3.8) is 0 Å². The fourth-order valence-corrected chi connectivity index (χ4v) is 13.8. The molecule has 0 aromatic heterocycles. The largest absolute Gasteiger partial charge is 0.512 e. The van der Waals surface area contributed by atoms with E-state index >= 15 is 9.59 Å². The molecule has 3 aliphatic carbocycles. The van der Waals surface area contributed by atoms with E-state index in [1.165, 1.54) is 0 Å². The smallest absolute Gasteiger partial charge is 0.350 e. The molecule has 366 valence electrons. The number of rotatable bonds is 15. The first kappa shape index (κ1) is 50.0. The van der Waals surface area contributed by atoms with Crippen LogP contribution in [-0.2, 0) is 42.9 Å². The second-order valence-electron chi connectivity index (χ2n) is 19.4. The first-order valence-corrected chi connectivity index (χ1v) is 25.9. The molecule has 2 bridgehead atoms. The van der Waals surface area contributed by atoms with Gasteiger partial charge in [0.25, 0.3) is 5.91 Å². The number of benzene rings is 3. The van der Waals surface area contributed by atoms with Crippen LogP contribution in [0.25, 0.3) is 0 Å². The Kier molecular flexibility index (Phi) is 14.9. The van der Waals surface area contributed by atoms with Crippen LogP contribution < -0.4 is 5.32 Å². The van der Waals surface area contributed by atoms with Crippen LogP contribution in [0.4, 0.5) is 0 Å². The van der Waals surface area contributed by atoms with Gasteiger partial charge in [0.05, 0.1) is 18.3 Å². The summed E-state index contributed by atoms with van der Waals surface area (Å²) >= 11 is 0. The van der Waals surface area contributed by atoms with E-state index in [0.29, 0.717) is 17.2 Å². The van der Waals surface area contributed by atoms with Gasteiger partial charge in [-0.25, -0.2) is 9.59 Å². The summed E-state index contributed by atoms with van der Waals surface area (Å²) in [4.78, 5) is 85.6. The lowest BCUT2D eigenvalue weighted by Crippen LogP contribution is -2.71. The van der Waals surface area contributed by atoms with Crippen molar-refractivity contribution >= 4 is 57.2 Å². The fourth-order valence-electron chi connectivity index (χ4n) is 10.8. The third kappa shape index (κ3) is 9.87. The molecule has 5 aliphatic rings. The van der Waals surface area contributed by atoms with Gasteiger partial charge < -0.3 is 39.2 Å². The molecular formula is C53H59NO13S2. The zero-order valence-corrected chi connectivity index (χ0v) is 41.0. The second-order valence-corrected chi connectivity index (χ2v) is 22.2. The maximum absolute atomic E-state index is 15.2. The number of fused-ring (bicyclic) bond motifs is 5. The summed E-state index contributed by atoms with van der Waals surface area (Å²) in [5.41, 5.74) is -3.80. The second kappa shape index (κ2) is 20.5. The van der Waals surface area contributed by atoms with Crippen molar-refractivity contribution in [2.75, 3.05) is 12.4 Å².